The fraction of sp³-hybridized carbons (Fsp3) is 0.143. The molecule has 1 heterocycles. The molecule has 0 fully saturated rings. The summed E-state index contributed by atoms with van der Waals surface area (Å²) in [4.78, 5) is 20.2. The molecule has 0 aromatic carbocycles. The largest absolute Gasteiger partial charge is 0.317 e. The van der Waals surface area contributed by atoms with Crippen molar-refractivity contribution in [1.82, 2.24) is 9.78 Å². The SMILES string of the molecule is C=CCn1ncc([N+](=O)[O-])c1C=O. The highest BCUT2D eigenvalue weighted by Crippen LogP contribution is 2.14. The summed E-state index contributed by atoms with van der Waals surface area (Å²) < 4.78 is 1.22. The van der Waals surface area contributed by atoms with Gasteiger partial charge in [-0.05, 0) is 0 Å². The van der Waals surface area contributed by atoms with Gasteiger partial charge in [0.1, 0.15) is 6.20 Å². The lowest BCUT2D eigenvalue weighted by atomic mass is 10.4. The van der Waals surface area contributed by atoms with E-state index in [0.29, 0.717) is 6.29 Å². The summed E-state index contributed by atoms with van der Waals surface area (Å²) in [5.41, 5.74) is -0.318. The molecule has 1 aromatic rings. The summed E-state index contributed by atoms with van der Waals surface area (Å²) in [6.07, 6.45) is 2.96. The highest BCUT2D eigenvalue weighted by Gasteiger charge is 2.18. The number of carbonyl (C=O) groups is 1. The fourth-order valence-corrected chi connectivity index (χ4v) is 0.915. The molecule has 6 heteroatoms. The molecule has 13 heavy (non-hydrogen) atoms. The summed E-state index contributed by atoms with van der Waals surface area (Å²) in [6, 6.07) is 0. The van der Waals surface area contributed by atoms with Crippen LogP contribution >= 0.6 is 0 Å². The number of aldehydes is 1. The van der Waals surface area contributed by atoms with Crippen molar-refractivity contribution < 1.29 is 9.72 Å². The first kappa shape index (κ1) is 9.11. The minimum absolute atomic E-state index is 0.0371. The van der Waals surface area contributed by atoms with Crippen LogP contribution in [0.5, 0.6) is 0 Å². The Kier molecular flexibility index (Phi) is 2.53. The van der Waals surface area contributed by atoms with E-state index in [0.717, 1.165) is 6.20 Å². The summed E-state index contributed by atoms with van der Waals surface area (Å²) in [6.45, 7) is 3.72. The van der Waals surface area contributed by atoms with Gasteiger partial charge in [-0.3, -0.25) is 19.6 Å². The Morgan fingerprint density at radius 1 is 1.77 bits per heavy atom. The Labute approximate surface area is 73.6 Å². The van der Waals surface area contributed by atoms with Crippen LogP contribution in [-0.4, -0.2) is 21.0 Å². The van der Waals surface area contributed by atoms with Gasteiger partial charge in [0, 0.05) is 0 Å². The first-order chi connectivity index (χ1) is 6.20. The van der Waals surface area contributed by atoms with Gasteiger partial charge in [-0.15, -0.1) is 6.58 Å². The number of hydrogen-bond acceptors (Lipinski definition) is 4. The lowest BCUT2D eigenvalue weighted by Crippen LogP contribution is -2.03. The quantitative estimate of drug-likeness (QED) is 0.297. The maximum atomic E-state index is 10.5. The van der Waals surface area contributed by atoms with E-state index < -0.39 is 4.92 Å². The molecule has 0 aliphatic heterocycles. The Morgan fingerprint density at radius 2 is 2.46 bits per heavy atom. The van der Waals surface area contributed by atoms with Gasteiger partial charge in [0.05, 0.1) is 11.5 Å². The van der Waals surface area contributed by atoms with E-state index in [1.54, 1.807) is 0 Å². The molecular formula is C7H7N3O3. The van der Waals surface area contributed by atoms with Crippen molar-refractivity contribution >= 4 is 12.0 Å². The van der Waals surface area contributed by atoms with Crippen molar-refractivity contribution in [3.05, 3.63) is 34.7 Å². The number of allylic oxidation sites excluding steroid dienone is 1. The Balaban J connectivity index is 3.17. The number of carbonyl (C=O) groups excluding carboxylic acids is 1. The van der Waals surface area contributed by atoms with Crippen molar-refractivity contribution in [2.45, 2.75) is 6.54 Å². The Bertz CT molecular complexity index is 356. The van der Waals surface area contributed by atoms with Crippen LogP contribution in [0.25, 0.3) is 0 Å². The fourth-order valence-electron chi connectivity index (χ4n) is 0.915. The van der Waals surface area contributed by atoms with Crippen LogP contribution in [-0.2, 0) is 6.54 Å². The van der Waals surface area contributed by atoms with Gasteiger partial charge in [0.2, 0.25) is 0 Å². The maximum Gasteiger partial charge on any atom is 0.317 e. The van der Waals surface area contributed by atoms with Crippen molar-refractivity contribution in [2.75, 3.05) is 0 Å². The molecular weight excluding hydrogens is 174 g/mol. The molecule has 0 aliphatic rings. The van der Waals surface area contributed by atoms with Crippen LogP contribution in [0.15, 0.2) is 18.9 Å². The number of aromatic nitrogens is 2. The Morgan fingerprint density at radius 3 is 2.92 bits per heavy atom. The van der Waals surface area contributed by atoms with E-state index >= 15 is 0 Å². The highest BCUT2D eigenvalue weighted by atomic mass is 16.6. The van der Waals surface area contributed by atoms with E-state index in [1.165, 1.54) is 10.8 Å². The van der Waals surface area contributed by atoms with Gasteiger partial charge in [-0.25, -0.2) is 0 Å². The molecule has 0 radical (unpaired) electrons. The molecule has 0 bridgehead atoms. The highest BCUT2D eigenvalue weighted by molar-refractivity contribution is 5.78. The molecule has 0 N–H and O–H groups in total. The second-order valence-corrected chi connectivity index (χ2v) is 2.26. The first-order valence-electron chi connectivity index (χ1n) is 3.47. The molecule has 0 spiro atoms. The molecule has 0 atom stereocenters. The second-order valence-electron chi connectivity index (χ2n) is 2.26. The van der Waals surface area contributed by atoms with Crippen LogP contribution in [0, 0.1) is 10.1 Å². The topological polar surface area (TPSA) is 78.0 Å². The van der Waals surface area contributed by atoms with Gasteiger partial charge < -0.3 is 0 Å². The van der Waals surface area contributed by atoms with Crippen LogP contribution in [0.4, 0.5) is 5.69 Å². The van der Waals surface area contributed by atoms with Gasteiger partial charge in [-0.1, -0.05) is 6.08 Å². The third kappa shape index (κ3) is 1.61. The number of rotatable bonds is 4. The summed E-state index contributed by atoms with van der Waals surface area (Å²) >= 11 is 0. The molecule has 6 nitrogen and oxygen atoms in total. The van der Waals surface area contributed by atoms with Gasteiger partial charge >= 0.3 is 5.69 Å². The first-order valence-corrected chi connectivity index (χ1v) is 3.47. The third-order valence-corrected chi connectivity index (χ3v) is 1.47. The molecule has 1 rings (SSSR count). The number of nitrogens with zero attached hydrogens (tertiary/aromatic N) is 3. The summed E-state index contributed by atoms with van der Waals surface area (Å²) in [7, 11) is 0. The van der Waals surface area contributed by atoms with Crippen LogP contribution in [0.1, 0.15) is 10.5 Å². The molecule has 0 saturated carbocycles. The van der Waals surface area contributed by atoms with E-state index in [9.17, 15) is 14.9 Å². The van der Waals surface area contributed by atoms with E-state index in [1.807, 2.05) is 0 Å². The zero-order valence-corrected chi connectivity index (χ0v) is 6.71. The average Bonchev–Trinajstić information content (AvgIpc) is 2.48. The predicted molar refractivity (Wildman–Crippen MR) is 44.5 cm³/mol. The van der Waals surface area contributed by atoms with Gasteiger partial charge in [0.25, 0.3) is 0 Å². The summed E-state index contributed by atoms with van der Waals surface area (Å²) in [5.74, 6) is 0. The lowest BCUT2D eigenvalue weighted by Gasteiger charge is -1.95. The smallest absolute Gasteiger partial charge is 0.296 e. The van der Waals surface area contributed by atoms with Crippen molar-refractivity contribution in [3.8, 4) is 0 Å². The minimum atomic E-state index is -0.643. The monoisotopic (exact) mass is 181 g/mol. The van der Waals surface area contributed by atoms with Crippen molar-refractivity contribution in [1.29, 1.82) is 0 Å². The second kappa shape index (κ2) is 3.61. The standard InChI is InChI=1S/C7H7N3O3/c1-2-3-9-7(5-11)6(4-8-9)10(12)13/h2,4-5H,1,3H2. The van der Waals surface area contributed by atoms with Gasteiger partial charge in [0.15, 0.2) is 12.0 Å². The maximum absolute atomic E-state index is 10.5. The zero-order valence-electron chi connectivity index (χ0n) is 6.71. The van der Waals surface area contributed by atoms with Crippen molar-refractivity contribution in [2.24, 2.45) is 0 Å². The number of nitro groups is 1. The minimum Gasteiger partial charge on any atom is -0.296 e. The third-order valence-electron chi connectivity index (χ3n) is 1.47. The van der Waals surface area contributed by atoms with Crippen molar-refractivity contribution in [3.63, 3.8) is 0 Å². The number of hydrogen-bond donors (Lipinski definition) is 0. The molecule has 0 aliphatic carbocycles. The molecule has 1 aromatic heterocycles. The molecule has 68 valence electrons. The molecule has 0 amide bonds. The zero-order chi connectivity index (χ0) is 9.84. The normalized spacial score (nSPS) is 9.54. The molecule has 0 unspecified atom stereocenters. The van der Waals surface area contributed by atoms with Crippen LogP contribution in [0.3, 0.4) is 0 Å². The van der Waals surface area contributed by atoms with Crippen LogP contribution < -0.4 is 0 Å². The lowest BCUT2D eigenvalue weighted by molar-refractivity contribution is -0.385. The summed E-state index contributed by atoms with van der Waals surface area (Å²) in [5, 5.41) is 14.0. The van der Waals surface area contributed by atoms with Gasteiger partial charge in [-0.2, -0.15) is 5.10 Å². The van der Waals surface area contributed by atoms with Crippen LogP contribution in [0.2, 0.25) is 0 Å². The predicted octanol–water partition coefficient (Wildman–Crippen LogP) is 0.790. The van der Waals surface area contributed by atoms with E-state index in [4.69, 9.17) is 0 Å². The Hall–Kier alpha value is -1.98. The van der Waals surface area contributed by atoms with E-state index in [2.05, 4.69) is 11.7 Å². The average molecular weight is 181 g/mol. The molecule has 0 saturated heterocycles. The van der Waals surface area contributed by atoms with E-state index in [-0.39, 0.29) is 17.9 Å².